The first-order chi connectivity index (χ1) is 11.8. The molecule has 0 saturated carbocycles. The molecule has 1 atom stereocenters. The number of hydrazone groups is 1. The molecule has 0 unspecified atom stereocenters. The molecular weight excluding hydrogens is 367 g/mol. The highest BCUT2D eigenvalue weighted by atomic mass is 35.5. The Morgan fingerprint density at radius 2 is 1.92 bits per heavy atom. The van der Waals surface area contributed by atoms with Crippen molar-refractivity contribution < 1.29 is 19.7 Å². The molecule has 0 aliphatic heterocycles. The van der Waals surface area contributed by atoms with E-state index in [2.05, 4.69) is 10.5 Å². The number of phenolic OH excluding ortho intramolecular Hbond substituents is 2. The molecule has 2 aromatic rings. The molecule has 132 valence electrons. The fourth-order valence-corrected chi connectivity index (χ4v) is 2.38. The first-order valence-electron chi connectivity index (χ1n) is 7.26. The Balaban J connectivity index is 2.03. The van der Waals surface area contributed by atoms with Crippen molar-refractivity contribution in [3.8, 4) is 17.2 Å². The molecule has 0 bridgehead atoms. The van der Waals surface area contributed by atoms with Crippen molar-refractivity contribution in [3.05, 3.63) is 52.0 Å². The van der Waals surface area contributed by atoms with Gasteiger partial charge in [0.2, 0.25) is 0 Å². The summed E-state index contributed by atoms with van der Waals surface area (Å²) < 4.78 is 5.49. The molecule has 0 saturated heterocycles. The average molecular weight is 383 g/mol. The van der Waals surface area contributed by atoms with E-state index in [1.807, 2.05) is 0 Å². The van der Waals surface area contributed by atoms with E-state index in [1.54, 1.807) is 26.0 Å². The van der Waals surface area contributed by atoms with Crippen LogP contribution < -0.4 is 10.2 Å². The van der Waals surface area contributed by atoms with E-state index in [9.17, 15) is 15.0 Å². The molecule has 2 rings (SSSR count). The highest BCUT2D eigenvalue weighted by Crippen LogP contribution is 2.28. The van der Waals surface area contributed by atoms with Gasteiger partial charge in [0.1, 0.15) is 17.2 Å². The summed E-state index contributed by atoms with van der Waals surface area (Å²) in [6, 6.07) is 8.76. The minimum Gasteiger partial charge on any atom is -0.508 e. The van der Waals surface area contributed by atoms with Gasteiger partial charge in [0, 0.05) is 16.7 Å². The van der Waals surface area contributed by atoms with E-state index in [-0.39, 0.29) is 11.5 Å². The lowest BCUT2D eigenvalue weighted by atomic mass is 10.1. The van der Waals surface area contributed by atoms with Crippen molar-refractivity contribution in [2.24, 2.45) is 5.10 Å². The third-order valence-electron chi connectivity index (χ3n) is 3.27. The molecule has 0 fully saturated rings. The standard InChI is InChI=1S/C17H16Cl2N2O4/c1-9(13-5-4-12(22)8-15(13)23)20-21-17(24)10(2)25-16-6-3-11(18)7-14(16)19/h3-8,10,22-23H,1-2H3,(H,21,24)/b20-9-/t10-/m0/s1. The van der Waals surface area contributed by atoms with Crippen LogP contribution in [0.1, 0.15) is 19.4 Å². The van der Waals surface area contributed by atoms with Crippen LogP contribution >= 0.6 is 23.2 Å². The van der Waals surface area contributed by atoms with Gasteiger partial charge in [0.05, 0.1) is 10.7 Å². The lowest BCUT2D eigenvalue weighted by Gasteiger charge is -2.14. The normalized spacial score (nSPS) is 12.6. The molecule has 8 heteroatoms. The molecule has 6 nitrogen and oxygen atoms in total. The summed E-state index contributed by atoms with van der Waals surface area (Å²) in [5.41, 5.74) is 3.10. The molecule has 25 heavy (non-hydrogen) atoms. The highest BCUT2D eigenvalue weighted by molar-refractivity contribution is 6.35. The lowest BCUT2D eigenvalue weighted by molar-refractivity contribution is -0.127. The SMILES string of the molecule is C/C(=N/NC(=O)[C@H](C)Oc1ccc(Cl)cc1Cl)c1ccc(O)cc1O. The fourth-order valence-electron chi connectivity index (χ4n) is 1.93. The summed E-state index contributed by atoms with van der Waals surface area (Å²) in [6.45, 7) is 3.15. The van der Waals surface area contributed by atoms with Crippen LogP contribution in [0.2, 0.25) is 10.0 Å². The minimum absolute atomic E-state index is 0.0695. The van der Waals surface area contributed by atoms with Crippen LogP contribution in [0.25, 0.3) is 0 Å². The molecule has 0 spiro atoms. The van der Waals surface area contributed by atoms with Gasteiger partial charge in [-0.2, -0.15) is 5.10 Å². The predicted octanol–water partition coefficient (Wildman–Crippen LogP) is 3.71. The van der Waals surface area contributed by atoms with Gasteiger partial charge >= 0.3 is 0 Å². The molecule has 0 aromatic heterocycles. The zero-order valence-corrected chi connectivity index (χ0v) is 15.0. The van der Waals surface area contributed by atoms with Gasteiger partial charge in [-0.15, -0.1) is 0 Å². The van der Waals surface area contributed by atoms with E-state index >= 15 is 0 Å². The summed E-state index contributed by atoms with van der Waals surface area (Å²) in [5.74, 6) is -0.387. The van der Waals surface area contributed by atoms with Crippen molar-refractivity contribution >= 4 is 34.8 Å². The van der Waals surface area contributed by atoms with Crippen molar-refractivity contribution in [2.75, 3.05) is 0 Å². The summed E-state index contributed by atoms with van der Waals surface area (Å²) in [6.07, 6.45) is -0.858. The maximum atomic E-state index is 12.1. The number of hydrogen-bond acceptors (Lipinski definition) is 5. The number of carbonyl (C=O) groups excluding carboxylic acids is 1. The molecule has 0 radical (unpaired) electrons. The lowest BCUT2D eigenvalue weighted by Crippen LogP contribution is -2.34. The van der Waals surface area contributed by atoms with Gasteiger partial charge in [0.15, 0.2) is 6.10 Å². The molecule has 2 aromatic carbocycles. The quantitative estimate of drug-likeness (QED) is 0.542. The Bertz CT molecular complexity index is 824. The predicted molar refractivity (Wildman–Crippen MR) is 96.7 cm³/mol. The van der Waals surface area contributed by atoms with Crippen LogP contribution in [0, 0.1) is 0 Å². The summed E-state index contributed by atoms with van der Waals surface area (Å²) in [5, 5.41) is 23.7. The monoisotopic (exact) mass is 382 g/mol. The maximum absolute atomic E-state index is 12.1. The number of carbonyl (C=O) groups is 1. The third-order valence-corrected chi connectivity index (χ3v) is 3.80. The van der Waals surface area contributed by atoms with Crippen LogP contribution in [0.5, 0.6) is 17.2 Å². The van der Waals surface area contributed by atoms with E-state index in [1.165, 1.54) is 24.3 Å². The number of halogens is 2. The van der Waals surface area contributed by atoms with Gasteiger partial charge < -0.3 is 14.9 Å². The van der Waals surface area contributed by atoms with E-state index in [4.69, 9.17) is 27.9 Å². The van der Waals surface area contributed by atoms with Crippen LogP contribution in [-0.2, 0) is 4.79 Å². The summed E-state index contributed by atoms with van der Waals surface area (Å²) in [7, 11) is 0. The van der Waals surface area contributed by atoms with Crippen LogP contribution in [-0.4, -0.2) is 27.9 Å². The zero-order chi connectivity index (χ0) is 18.6. The number of phenols is 2. The summed E-state index contributed by atoms with van der Waals surface area (Å²) >= 11 is 11.8. The zero-order valence-electron chi connectivity index (χ0n) is 13.5. The third kappa shape index (κ3) is 5.01. The first kappa shape index (κ1) is 18.9. The Morgan fingerprint density at radius 1 is 1.20 bits per heavy atom. The van der Waals surface area contributed by atoms with Gasteiger partial charge in [-0.1, -0.05) is 23.2 Å². The second-order valence-electron chi connectivity index (χ2n) is 5.21. The van der Waals surface area contributed by atoms with Crippen molar-refractivity contribution in [1.82, 2.24) is 5.43 Å². The molecule has 1 amide bonds. The minimum atomic E-state index is -0.858. The Hall–Kier alpha value is -2.44. The van der Waals surface area contributed by atoms with E-state index in [0.29, 0.717) is 27.1 Å². The summed E-state index contributed by atoms with van der Waals surface area (Å²) in [4.78, 5) is 12.1. The number of benzene rings is 2. The number of rotatable bonds is 5. The van der Waals surface area contributed by atoms with Gasteiger partial charge in [0.25, 0.3) is 5.91 Å². The Kier molecular flexibility index (Phi) is 6.12. The number of nitrogens with zero attached hydrogens (tertiary/aromatic N) is 1. The van der Waals surface area contributed by atoms with Gasteiger partial charge in [-0.3, -0.25) is 4.79 Å². The largest absolute Gasteiger partial charge is 0.508 e. The van der Waals surface area contributed by atoms with Crippen LogP contribution in [0.15, 0.2) is 41.5 Å². The Labute approximate surface area is 154 Å². The van der Waals surface area contributed by atoms with Crippen molar-refractivity contribution in [2.45, 2.75) is 20.0 Å². The molecule has 0 heterocycles. The highest BCUT2D eigenvalue weighted by Gasteiger charge is 2.16. The second kappa shape index (κ2) is 8.09. The molecule has 0 aliphatic rings. The second-order valence-corrected chi connectivity index (χ2v) is 6.05. The van der Waals surface area contributed by atoms with Crippen LogP contribution in [0.3, 0.4) is 0 Å². The smallest absolute Gasteiger partial charge is 0.280 e. The van der Waals surface area contributed by atoms with Gasteiger partial charge in [-0.25, -0.2) is 5.43 Å². The number of amides is 1. The molecular formula is C17H16Cl2N2O4. The van der Waals surface area contributed by atoms with Crippen LogP contribution in [0.4, 0.5) is 0 Å². The topological polar surface area (TPSA) is 91.2 Å². The first-order valence-corrected chi connectivity index (χ1v) is 8.01. The number of ether oxygens (including phenoxy) is 1. The van der Waals surface area contributed by atoms with E-state index in [0.717, 1.165) is 0 Å². The van der Waals surface area contributed by atoms with Crippen molar-refractivity contribution in [3.63, 3.8) is 0 Å². The number of nitrogens with one attached hydrogen (secondary N) is 1. The average Bonchev–Trinajstić information content (AvgIpc) is 2.54. The van der Waals surface area contributed by atoms with Gasteiger partial charge in [-0.05, 0) is 44.2 Å². The van der Waals surface area contributed by atoms with Crippen molar-refractivity contribution in [1.29, 1.82) is 0 Å². The van der Waals surface area contributed by atoms with E-state index < -0.39 is 12.0 Å². The Morgan fingerprint density at radius 3 is 2.56 bits per heavy atom. The number of aromatic hydroxyl groups is 2. The fraction of sp³-hybridized carbons (Fsp3) is 0.176. The molecule has 3 N–H and O–H groups in total. The number of hydrogen-bond donors (Lipinski definition) is 3. The molecule has 0 aliphatic carbocycles. The maximum Gasteiger partial charge on any atom is 0.280 e.